The average molecular weight is 329 g/mol. The van der Waals surface area contributed by atoms with Crippen LogP contribution < -0.4 is 0 Å². The van der Waals surface area contributed by atoms with Crippen molar-refractivity contribution < 1.29 is 4.79 Å². The van der Waals surface area contributed by atoms with E-state index in [1.165, 1.54) is 0 Å². The highest BCUT2D eigenvalue weighted by Crippen LogP contribution is 2.30. The maximum atomic E-state index is 11.2. The van der Waals surface area contributed by atoms with Crippen molar-refractivity contribution >= 4 is 17.3 Å². The van der Waals surface area contributed by atoms with Crippen LogP contribution in [0.15, 0.2) is 48.8 Å². The number of imidazole rings is 1. The first kappa shape index (κ1) is 15.1. The first-order chi connectivity index (χ1) is 12.3. The lowest BCUT2D eigenvalue weighted by atomic mass is 10.1. The van der Waals surface area contributed by atoms with Crippen LogP contribution in [0, 0.1) is 0 Å². The van der Waals surface area contributed by atoms with Crippen molar-refractivity contribution in [3.63, 3.8) is 0 Å². The predicted octanol–water partition coefficient (Wildman–Crippen LogP) is 3.46. The Bertz CT molecular complexity index is 1070. The minimum atomic E-state index is 0.271. The third-order valence-corrected chi connectivity index (χ3v) is 4.00. The van der Waals surface area contributed by atoms with Gasteiger partial charge in [0.2, 0.25) is 0 Å². The van der Waals surface area contributed by atoms with E-state index in [9.17, 15) is 4.79 Å². The van der Waals surface area contributed by atoms with Crippen molar-refractivity contribution in [1.82, 2.24) is 24.9 Å². The summed E-state index contributed by atoms with van der Waals surface area (Å²) < 4.78 is 0. The molecule has 0 spiro atoms. The van der Waals surface area contributed by atoms with E-state index in [1.54, 1.807) is 12.4 Å². The van der Waals surface area contributed by atoms with Gasteiger partial charge in [-0.05, 0) is 30.7 Å². The number of hydrogen-bond acceptors (Lipinski definition) is 5. The Balaban J connectivity index is 1.91. The molecule has 0 atom stereocenters. The van der Waals surface area contributed by atoms with Gasteiger partial charge in [0.15, 0.2) is 12.1 Å². The number of rotatable bonds is 4. The molecule has 1 N–H and O–H groups in total. The molecule has 1 aromatic carbocycles. The number of carbonyl (C=O) groups excluding carboxylic acids is 1. The second kappa shape index (κ2) is 6.24. The summed E-state index contributed by atoms with van der Waals surface area (Å²) in [7, 11) is 0. The van der Waals surface area contributed by atoms with Gasteiger partial charge in [-0.1, -0.05) is 19.1 Å². The molecule has 0 saturated heterocycles. The van der Waals surface area contributed by atoms with Crippen LogP contribution in [0.4, 0.5) is 0 Å². The monoisotopic (exact) mass is 329 g/mol. The number of hydrogen-bond donors (Lipinski definition) is 1. The number of nitrogens with zero attached hydrogens (tertiary/aromatic N) is 4. The molecule has 3 aromatic heterocycles. The molecule has 4 rings (SSSR count). The number of aromatic nitrogens is 5. The lowest BCUT2D eigenvalue weighted by Crippen LogP contribution is -1.92. The summed E-state index contributed by atoms with van der Waals surface area (Å²) in [5.74, 6) is 0.271. The van der Waals surface area contributed by atoms with Gasteiger partial charge in [0.25, 0.3) is 0 Å². The van der Waals surface area contributed by atoms with Crippen LogP contribution in [-0.2, 0) is 6.42 Å². The van der Waals surface area contributed by atoms with Crippen LogP contribution in [0.25, 0.3) is 33.7 Å². The molecule has 25 heavy (non-hydrogen) atoms. The lowest BCUT2D eigenvalue weighted by molar-refractivity contribution is 0.111. The number of nitrogens with one attached hydrogen (secondary N) is 1. The average Bonchev–Trinajstić information content (AvgIpc) is 3.12. The second-order valence-corrected chi connectivity index (χ2v) is 5.59. The number of pyridine rings is 1. The molecule has 3 heterocycles. The summed E-state index contributed by atoms with van der Waals surface area (Å²) in [6.07, 6.45) is 4.86. The summed E-state index contributed by atoms with van der Waals surface area (Å²) in [6.45, 7) is 2.05. The maximum Gasteiger partial charge on any atom is 0.185 e. The largest absolute Gasteiger partial charge is 0.334 e. The van der Waals surface area contributed by atoms with E-state index in [0.717, 1.165) is 40.1 Å². The zero-order chi connectivity index (χ0) is 17.2. The van der Waals surface area contributed by atoms with Crippen molar-refractivity contribution in [2.75, 3.05) is 0 Å². The number of carbonyl (C=O) groups is 1. The molecule has 0 radical (unpaired) electrons. The van der Waals surface area contributed by atoms with Gasteiger partial charge < -0.3 is 4.98 Å². The fraction of sp³-hybridized carbons (Fsp3) is 0.105. The van der Waals surface area contributed by atoms with Crippen molar-refractivity contribution in [2.45, 2.75) is 13.3 Å². The Labute approximate surface area is 144 Å². The quantitative estimate of drug-likeness (QED) is 0.580. The highest BCUT2D eigenvalue weighted by atomic mass is 16.1. The van der Waals surface area contributed by atoms with Crippen molar-refractivity contribution in [3.05, 3.63) is 60.3 Å². The Kier molecular flexibility index (Phi) is 3.78. The summed E-state index contributed by atoms with van der Waals surface area (Å²) in [4.78, 5) is 32.0. The molecule has 0 saturated carbocycles. The summed E-state index contributed by atoms with van der Waals surface area (Å²) in [6, 6.07) is 11.6. The highest BCUT2D eigenvalue weighted by Gasteiger charge is 2.16. The molecule has 122 valence electrons. The fourth-order valence-electron chi connectivity index (χ4n) is 2.77. The van der Waals surface area contributed by atoms with Crippen LogP contribution in [-0.4, -0.2) is 31.2 Å². The maximum absolute atomic E-state index is 11.2. The molecular formula is C19H15N5O. The molecule has 0 aliphatic heterocycles. The number of H-pyrrole nitrogens is 1. The Hall–Kier alpha value is -3.41. The Morgan fingerprint density at radius 1 is 1.04 bits per heavy atom. The molecular weight excluding hydrogens is 314 g/mol. The molecule has 4 aromatic rings. The van der Waals surface area contributed by atoms with Gasteiger partial charge in [0, 0.05) is 23.7 Å². The SMILES string of the molecule is CCc1cccc(-c2[nH]c(C=O)nc2-c2ccc3nccnc3c2)n1. The van der Waals surface area contributed by atoms with E-state index in [0.29, 0.717) is 12.0 Å². The van der Waals surface area contributed by atoms with E-state index in [4.69, 9.17) is 0 Å². The normalized spacial score (nSPS) is 10.9. The van der Waals surface area contributed by atoms with Gasteiger partial charge >= 0.3 is 0 Å². The third-order valence-electron chi connectivity index (χ3n) is 4.00. The van der Waals surface area contributed by atoms with Crippen LogP contribution in [0.3, 0.4) is 0 Å². The molecule has 6 heteroatoms. The van der Waals surface area contributed by atoms with E-state index >= 15 is 0 Å². The number of benzene rings is 1. The summed E-state index contributed by atoms with van der Waals surface area (Å²) in [5, 5.41) is 0. The molecule has 6 nitrogen and oxygen atoms in total. The van der Waals surface area contributed by atoms with Crippen molar-refractivity contribution in [2.24, 2.45) is 0 Å². The predicted molar refractivity (Wildman–Crippen MR) is 95.1 cm³/mol. The number of aryl methyl sites for hydroxylation is 1. The van der Waals surface area contributed by atoms with Gasteiger partial charge in [-0.2, -0.15) is 0 Å². The lowest BCUT2D eigenvalue weighted by Gasteiger charge is -2.05. The Morgan fingerprint density at radius 2 is 1.88 bits per heavy atom. The molecule has 0 aliphatic carbocycles. The standard InChI is InChI=1S/C19H15N5O/c1-2-13-4-3-5-15(22-13)19-18(23-17(11-25)24-19)12-6-7-14-16(10-12)21-9-8-20-14/h3-11H,2H2,1H3,(H,23,24). The molecule has 0 amide bonds. The minimum absolute atomic E-state index is 0.271. The van der Waals surface area contributed by atoms with Gasteiger partial charge in [-0.15, -0.1) is 0 Å². The van der Waals surface area contributed by atoms with Gasteiger partial charge in [0.1, 0.15) is 0 Å². The van der Waals surface area contributed by atoms with Gasteiger partial charge in [0.05, 0.1) is 28.1 Å². The molecule has 0 fully saturated rings. The van der Waals surface area contributed by atoms with Crippen LogP contribution in [0.1, 0.15) is 23.2 Å². The van der Waals surface area contributed by atoms with Crippen LogP contribution >= 0.6 is 0 Å². The highest BCUT2D eigenvalue weighted by molar-refractivity contribution is 5.86. The van der Waals surface area contributed by atoms with E-state index in [1.807, 2.05) is 36.4 Å². The number of aldehydes is 1. The molecule has 0 aliphatic rings. The zero-order valence-electron chi connectivity index (χ0n) is 13.6. The number of aromatic amines is 1. The Morgan fingerprint density at radius 3 is 2.68 bits per heavy atom. The van der Waals surface area contributed by atoms with Crippen LogP contribution in [0.5, 0.6) is 0 Å². The van der Waals surface area contributed by atoms with E-state index in [2.05, 4.69) is 31.8 Å². The summed E-state index contributed by atoms with van der Waals surface area (Å²) in [5.41, 5.74) is 5.58. The van der Waals surface area contributed by atoms with Gasteiger partial charge in [-0.3, -0.25) is 19.7 Å². The molecule has 0 bridgehead atoms. The van der Waals surface area contributed by atoms with E-state index < -0.39 is 0 Å². The molecule has 0 unspecified atom stereocenters. The first-order valence-corrected chi connectivity index (χ1v) is 8.01. The number of fused-ring (bicyclic) bond motifs is 1. The van der Waals surface area contributed by atoms with Crippen molar-refractivity contribution in [3.8, 4) is 22.6 Å². The summed E-state index contributed by atoms with van der Waals surface area (Å²) >= 11 is 0. The second-order valence-electron chi connectivity index (χ2n) is 5.59. The van der Waals surface area contributed by atoms with Gasteiger partial charge in [-0.25, -0.2) is 4.98 Å². The van der Waals surface area contributed by atoms with Crippen molar-refractivity contribution in [1.29, 1.82) is 0 Å². The smallest absolute Gasteiger partial charge is 0.185 e. The zero-order valence-corrected chi connectivity index (χ0v) is 13.6. The minimum Gasteiger partial charge on any atom is -0.334 e. The first-order valence-electron chi connectivity index (χ1n) is 8.01. The van der Waals surface area contributed by atoms with E-state index in [-0.39, 0.29) is 5.82 Å². The van der Waals surface area contributed by atoms with Crippen LogP contribution in [0.2, 0.25) is 0 Å². The third kappa shape index (κ3) is 2.78. The topological polar surface area (TPSA) is 84.4 Å². The fourth-order valence-corrected chi connectivity index (χ4v) is 2.77.